The predicted molar refractivity (Wildman–Crippen MR) is 52.2 cm³/mol. The third kappa shape index (κ3) is 2.87. The lowest BCUT2D eigenvalue weighted by Gasteiger charge is -2.06. The number of alkyl halides is 3. The summed E-state index contributed by atoms with van der Waals surface area (Å²) in [6, 6.07) is 1.59. The van der Waals surface area contributed by atoms with E-state index in [1.54, 1.807) is 6.07 Å². The van der Waals surface area contributed by atoms with E-state index in [-0.39, 0.29) is 18.2 Å². The van der Waals surface area contributed by atoms with Crippen molar-refractivity contribution >= 4 is 5.78 Å². The van der Waals surface area contributed by atoms with Crippen molar-refractivity contribution in [3.63, 3.8) is 0 Å². The summed E-state index contributed by atoms with van der Waals surface area (Å²) in [6.07, 6.45) is -0.156. The van der Waals surface area contributed by atoms with Gasteiger partial charge in [0.1, 0.15) is 0 Å². The van der Waals surface area contributed by atoms with Crippen molar-refractivity contribution < 1.29 is 18.0 Å². The van der Waals surface area contributed by atoms with Gasteiger partial charge < -0.3 is 4.57 Å². The quantitative estimate of drug-likeness (QED) is 0.730. The Labute approximate surface area is 91.1 Å². The van der Waals surface area contributed by atoms with Gasteiger partial charge in [-0.3, -0.25) is 4.79 Å². The van der Waals surface area contributed by atoms with Crippen molar-refractivity contribution in [1.29, 1.82) is 0 Å². The Bertz CT molecular complexity index is 390. The summed E-state index contributed by atoms with van der Waals surface area (Å²) in [7, 11) is 0. The Kier molecular flexibility index (Phi) is 2.78. The highest BCUT2D eigenvalue weighted by molar-refractivity contribution is 5.99. The zero-order valence-electron chi connectivity index (χ0n) is 8.63. The maximum atomic E-state index is 12.0. The molecule has 88 valence electrons. The van der Waals surface area contributed by atoms with E-state index in [1.807, 2.05) is 0 Å². The van der Waals surface area contributed by atoms with E-state index in [1.165, 1.54) is 17.0 Å². The van der Waals surface area contributed by atoms with Crippen LogP contribution in [0.1, 0.15) is 29.6 Å². The van der Waals surface area contributed by atoms with Crippen LogP contribution in [0.5, 0.6) is 0 Å². The van der Waals surface area contributed by atoms with Crippen molar-refractivity contribution in [3.8, 4) is 0 Å². The molecule has 0 radical (unpaired) electrons. The number of halogens is 3. The molecule has 1 aliphatic carbocycles. The molecule has 0 N–H and O–H groups in total. The number of hydrogen-bond donors (Lipinski definition) is 0. The van der Waals surface area contributed by atoms with E-state index in [2.05, 4.69) is 0 Å². The summed E-state index contributed by atoms with van der Waals surface area (Å²) in [5.41, 5.74) is 0.532. The van der Waals surface area contributed by atoms with E-state index in [0.717, 1.165) is 12.8 Å². The second-order valence-electron chi connectivity index (χ2n) is 4.14. The van der Waals surface area contributed by atoms with Crippen LogP contribution in [-0.2, 0) is 6.54 Å². The van der Waals surface area contributed by atoms with Crippen LogP contribution >= 0.6 is 0 Å². The zero-order valence-corrected chi connectivity index (χ0v) is 8.63. The minimum Gasteiger partial charge on any atom is -0.353 e. The molecule has 5 heteroatoms. The van der Waals surface area contributed by atoms with Gasteiger partial charge in [-0.25, -0.2) is 0 Å². The fraction of sp³-hybridized carbons (Fsp3) is 0.545. The molecule has 0 bridgehead atoms. The minimum atomic E-state index is -4.15. The van der Waals surface area contributed by atoms with Crippen molar-refractivity contribution in [1.82, 2.24) is 4.57 Å². The summed E-state index contributed by atoms with van der Waals surface area (Å²) in [4.78, 5) is 11.6. The molecule has 0 aliphatic heterocycles. The first-order valence-corrected chi connectivity index (χ1v) is 5.22. The summed E-state index contributed by atoms with van der Waals surface area (Å²) in [5.74, 6) is 0.171. The average Bonchev–Trinajstić information content (AvgIpc) is 2.92. The Morgan fingerprint density at radius 2 is 2.12 bits per heavy atom. The van der Waals surface area contributed by atoms with Gasteiger partial charge in [-0.05, 0) is 18.9 Å². The number of Topliss-reactive ketones (excluding diaryl/α,β-unsaturated/α-hetero) is 1. The highest BCUT2D eigenvalue weighted by Crippen LogP contribution is 2.32. The first-order chi connectivity index (χ1) is 7.46. The van der Waals surface area contributed by atoms with Crippen molar-refractivity contribution in [3.05, 3.63) is 24.0 Å². The summed E-state index contributed by atoms with van der Waals surface area (Å²) in [6.45, 7) is -0.124. The molecule has 1 aromatic heterocycles. The SMILES string of the molecule is O=C(c1ccn(CCC(F)(F)F)c1)C1CC1. The lowest BCUT2D eigenvalue weighted by atomic mass is 10.1. The monoisotopic (exact) mass is 231 g/mol. The second kappa shape index (κ2) is 3.96. The fourth-order valence-electron chi connectivity index (χ4n) is 1.56. The van der Waals surface area contributed by atoms with Gasteiger partial charge in [-0.2, -0.15) is 13.2 Å². The molecular weight excluding hydrogens is 219 g/mol. The zero-order chi connectivity index (χ0) is 11.8. The number of carbonyl (C=O) groups is 1. The number of aromatic nitrogens is 1. The highest BCUT2D eigenvalue weighted by Gasteiger charge is 2.31. The third-order valence-electron chi connectivity index (χ3n) is 2.64. The van der Waals surface area contributed by atoms with Crippen LogP contribution in [0.4, 0.5) is 13.2 Å². The standard InChI is InChI=1S/C11H12F3NO/c12-11(13,14)4-6-15-5-3-9(7-15)10(16)8-1-2-8/h3,5,7-8H,1-2,4,6H2. The summed E-state index contributed by atoms with van der Waals surface area (Å²) in [5, 5.41) is 0. The molecule has 1 aromatic rings. The number of aryl methyl sites for hydroxylation is 1. The largest absolute Gasteiger partial charge is 0.390 e. The molecule has 1 saturated carbocycles. The highest BCUT2D eigenvalue weighted by atomic mass is 19.4. The van der Waals surface area contributed by atoms with E-state index in [0.29, 0.717) is 5.56 Å². The molecule has 2 rings (SSSR count). The summed E-state index contributed by atoms with van der Waals surface area (Å²) < 4.78 is 37.3. The maximum Gasteiger partial charge on any atom is 0.390 e. The molecule has 0 aromatic carbocycles. The van der Waals surface area contributed by atoms with Crippen LogP contribution in [-0.4, -0.2) is 16.5 Å². The average molecular weight is 231 g/mol. The van der Waals surface area contributed by atoms with Gasteiger partial charge in [-0.15, -0.1) is 0 Å². The van der Waals surface area contributed by atoms with Gasteiger partial charge >= 0.3 is 6.18 Å². The molecule has 0 spiro atoms. The Balaban J connectivity index is 1.94. The molecule has 16 heavy (non-hydrogen) atoms. The first kappa shape index (κ1) is 11.2. The fourth-order valence-corrected chi connectivity index (χ4v) is 1.56. The van der Waals surface area contributed by atoms with E-state index in [9.17, 15) is 18.0 Å². The van der Waals surface area contributed by atoms with E-state index < -0.39 is 12.6 Å². The molecule has 0 atom stereocenters. The molecule has 0 amide bonds. The van der Waals surface area contributed by atoms with Crippen LogP contribution in [0.3, 0.4) is 0 Å². The van der Waals surface area contributed by atoms with Gasteiger partial charge in [0.2, 0.25) is 0 Å². The van der Waals surface area contributed by atoms with E-state index in [4.69, 9.17) is 0 Å². The van der Waals surface area contributed by atoms with Crippen molar-refractivity contribution in [2.75, 3.05) is 0 Å². The summed E-state index contributed by atoms with van der Waals surface area (Å²) >= 11 is 0. The number of ketones is 1. The molecule has 1 heterocycles. The Morgan fingerprint density at radius 1 is 1.44 bits per heavy atom. The first-order valence-electron chi connectivity index (χ1n) is 5.22. The maximum absolute atomic E-state index is 12.0. The number of carbonyl (C=O) groups excluding carboxylic acids is 1. The van der Waals surface area contributed by atoms with Crippen molar-refractivity contribution in [2.45, 2.75) is 32.0 Å². The second-order valence-corrected chi connectivity index (χ2v) is 4.14. The predicted octanol–water partition coefficient (Wildman–Crippen LogP) is 3.03. The third-order valence-corrected chi connectivity index (χ3v) is 2.64. The normalized spacial score (nSPS) is 16.4. The molecule has 1 fully saturated rings. The lowest BCUT2D eigenvalue weighted by Crippen LogP contribution is -2.11. The molecule has 0 unspecified atom stereocenters. The molecule has 2 nitrogen and oxygen atoms in total. The van der Waals surface area contributed by atoms with Gasteiger partial charge in [0.15, 0.2) is 5.78 Å². The van der Waals surface area contributed by atoms with Crippen LogP contribution in [0.15, 0.2) is 18.5 Å². The topological polar surface area (TPSA) is 22.0 Å². The van der Waals surface area contributed by atoms with Crippen molar-refractivity contribution in [2.24, 2.45) is 5.92 Å². The Hall–Kier alpha value is -1.26. The van der Waals surface area contributed by atoms with Gasteiger partial charge in [0, 0.05) is 30.4 Å². The van der Waals surface area contributed by atoms with Crippen LogP contribution < -0.4 is 0 Å². The van der Waals surface area contributed by atoms with E-state index >= 15 is 0 Å². The van der Waals surface area contributed by atoms with Crippen LogP contribution in [0.2, 0.25) is 0 Å². The molecule has 0 saturated heterocycles. The van der Waals surface area contributed by atoms with Crippen LogP contribution in [0.25, 0.3) is 0 Å². The lowest BCUT2D eigenvalue weighted by molar-refractivity contribution is -0.136. The van der Waals surface area contributed by atoms with Gasteiger partial charge in [0.05, 0.1) is 6.42 Å². The number of nitrogens with zero attached hydrogens (tertiary/aromatic N) is 1. The number of hydrogen-bond acceptors (Lipinski definition) is 1. The van der Waals surface area contributed by atoms with Crippen LogP contribution in [0, 0.1) is 5.92 Å². The number of rotatable bonds is 4. The molecular formula is C11H12F3NO. The van der Waals surface area contributed by atoms with Gasteiger partial charge in [-0.1, -0.05) is 0 Å². The van der Waals surface area contributed by atoms with Gasteiger partial charge in [0.25, 0.3) is 0 Å². The minimum absolute atomic E-state index is 0.0609. The smallest absolute Gasteiger partial charge is 0.353 e. The Morgan fingerprint density at radius 3 is 2.69 bits per heavy atom. The molecule has 1 aliphatic rings.